The van der Waals surface area contributed by atoms with Gasteiger partial charge in [0.15, 0.2) is 0 Å². The van der Waals surface area contributed by atoms with E-state index in [1.165, 1.54) is 6.42 Å². The molecule has 6 heteroatoms. The maximum Gasteiger partial charge on any atom is 0.220 e. The van der Waals surface area contributed by atoms with Gasteiger partial charge in [0.2, 0.25) is 5.91 Å². The zero-order valence-electron chi connectivity index (χ0n) is 13.7. The Balaban J connectivity index is 0.00000208. The van der Waals surface area contributed by atoms with E-state index in [9.17, 15) is 4.79 Å². The Bertz CT molecular complexity index is 626. The van der Waals surface area contributed by atoms with E-state index >= 15 is 0 Å². The largest absolute Gasteiger partial charge is 0.356 e. The first kappa shape index (κ1) is 18.9. The van der Waals surface area contributed by atoms with Crippen molar-refractivity contribution in [3.05, 3.63) is 41.4 Å². The van der Waals surface area contributed by atoms with Crippen LogP contribution < -0.4 is 10.6 Å². The van der Waals surface area contributed by atoms with Gasteiger partial charge in [0.1, 0.15) is 5.01 Å². The summed E-state index contributed by atoms with van der Waals surface area (Å²) in [6, 6.07) is 10.2. The molecule has 1 fully saturated rings. The number of carbonyl (C=O) groups is 1. The molecule has 2 N–H and O–H groups in total. The number of nitrogens with one attached hydrogen (secondary N) is 2. The Morgan fingerprint density at radius 2 is 2.17 bits per heavy atom. The Labute approximate surface area is 153 Å². The van der Waals surface area contributed by atoms with Gasteiger partial charge in [-0.1, -0.05) is 30.3 Å². The molecular formula is C18H24ClN3OS. The van der Waals surface area contributed by atoms with Gasteiger partial charge in [-0.15, -0.1) is 23.7 Å². The SMILES string of the molecule is Cl.O=C(CCC1CCNC1)NCCc1csc(-c2ccccc2)n1. The molecule has 1 saturated heterocycles. The molecule has 1 unspecified atom stereocenters. The summed E-state index contributed by atoms with van der Waals surface area (Å²) in [7, 11) is 0. The molecule has 0 aliphatic carbocycles. The highest BCUT2D eigenvalue weighted by atomic mass is 35.5. The number of carbonyl (C=O) groups excluding carboxylic acids is 1. The molecule has 4 nitrogen and oxygen atoms in total. The zero-order valence-corrected chi connectivity index (χ0v) is 15.3. The van der Waals surface area contributed by atoms with Crippen molar-refractivity contribution in [3.63, 3.8) is 0 Å². The highest BCUT2D eigenvalue weighted by molar-refractivity contribution is 7.13. The summed E-state index contributed by atoms with van der Waals surface area (Å²) in [6.07, 6.45) is 3.63. The lowest BCUT2D eigenvalue weighted by Crippen LogP contribution is -2.26. The Hall–Kier alpha value is -1.43. The predicted octanol–water partition coefficient (Wildman–Crippen LogP) is 3.28. The average molecular weight is 366 g/mol. The van der Waals surface area contributed by atoms with E-state index in [0.717, 1.165) is 42.2 Å². The molecule has 0 bridgehead atoms. The van der Waals surface area contributed by atoms with Crippen LogP contribution in [0.5, 0.6) is 0 Å². The van der Waals surface area contributed by atoms with E-state index < -0.39 is 0 Å². The Morgan fingerprint density at radius 3 is 2.92 bits per heavy atom. The highest BCUT2D eigenvalue weighted by Crippen LogP contribution is 2.23. The van der Waals surface area contributed by atoms with Crippen LogP contribution in [-0.2, 0) is 11.2 Å². The monoisotopic (exact) mass is 365 g/mol. The van der Waals surface area contributed by atoms with Gasteiger partial charge in [-0.2, -0.15) is 0 Å². The number of thiazole rings is 1. The third-order valence-corrected chi connectivity index (χ3v) is 5.16. The lowest BCUT2D eigenvalue weighted by Gasteiger charge is -2.08. The predicted molar refractivity (Wildman–Crippen MR) is 102 cm³/mol. The van der Waals surface area contributed by atoms with Gasteiger partial charge in [-0.25, -0.2) is 4.98 Å². The van der Waals surface area contributed by atoms with E-state index in [0.29, 0.717) is 18.9 Å². The normalized spacial score (nSPS) is 16.6. The second-order valence-corrected chi connectivity index (χ2v) is 6.87. The van der Waals surface area contributed by atoms with E-state index in [-0.39, 0.29) is 18.3 Å². The van der Waals surface area contributed by atoms with Crippen LogP contribution in [0.1, 0.15) is 25.0 Å². The van der Waals surface area contributed by atoms with Crippen LogP contribution in [0.25, 0.3) is 10.6 Å². The van der Waals surface area contributed by atoms with E-state index in [1.54, 1.807) is 11.3 Å². The first-order chi connectivity index (χ1) is 11.3. The van der Waals surface area contributed by atoms with Crippen molar-refractivity contribution in [1.82, 2.24) is 15.6 Å². The fraction of sp³-hybridized carbons (Fsp3) is 0.444. The number of aromatic nitrogens is 1. The molecule has 1 aromatic carbocycles. The molecule has 1 aliphatic heterocycles. The zero-order chi connectivity index (χ0) is 15.9. The third-order valence-electron chi connectivity index (χ3n) is 4.22. The molecule has 24 heavy (non-hydrogen) atoms. The molecule has 0 radical (unpaired) electrons. The van der Waals surface area contributed by atoms with Crippen LogP contribution in [0.2, 0.25) is 0 Å². The van der Waals surface area contributed by atoms with E-state index in [1.807, 2.05) is 18.2 Å². The Kier molecular flexibility index (Phi) is 7.69. The van der Waals surface area contributed by atoms with Crippen molar-refractivity contribution in [2.45, 2.75) is 25.7 Å². The van der Waals surface area contributed by atoms with Crippen LogP contribution in [0.15, 0.2) is 35.7 Å². The fourth-order valence-corrected chi connectivity index (χ4v) is 3.71. The lowest BCUT2D eigenvalue weighted by atomic mass is 10.0. The average Bonchev–Trinajstić information content (AvgIpc) is 3.26. The summed E-state index contributed by atoms with van der Waals surface area (Å²) < 4.78 is 0. The summed E-state index contributed by atoms with van der Waals surface area (Å²) >= 11 is 1.66. The first-order valence-corrected chi connectivity index (χ1v) is 9.16. The number of halogens is 1. The number of rotatable bonds is 7. The van der Waals surface area contributed by atoms with Crippen molar-refractivity contribution in [3.8, 4) is 10.6 Å². The van der Waals surface area contributed by atoms with Crippen LogP contribution in [0.4, 0.5) is 0 Å². The number of amides is 1. The maximum atomic E-state index is 11.9. The van der Waals surface area contributed by atoms with Gasteiger partial charge in [-0.05, 0) is 31.8 Å². The van der Waals surface area contributed by atoms with Gasteiger partial charge in [-0.3, -0.25) is 4.79 Å². The molecule has 0 spiro atoms. The van der Waals surface area contributed by atoms with Crippen molar-refractivity contribution in [1.29, 1.82) is 0 Å². The first-order valence-electron chi connectivity index (χ1n) is 8.28. The van der Waals surface area contributed by atoms with Crippen molar-refractivity contribution < 1.29 is 4.79 Å². The van der Waals surface area contributed by atoms with Gasteiger partial charge >= 0.3 is 0 Å². The summed E-state index contributed by atoms with van der Waals surface area (Å²) in [5, 5.41) is 9.47. The van der Waals surface area contributed by atoms with Gasteiger partial charge in [0.25, 0.3) is 0 Å². The van der Waals surface area contributed by atoms with Gasteiger partial charge in [0.05, 0.1) is 5.69 Å². The van der Waals surface area contributed by atoms with Crippen molar-refractivity contribution in [2.24, 2.45) is 5.92 Å². The van der Waals surface area contributed by atoms with Crippen LogP contribution >= 0.6 is 23.7 Å². The minimum Gasteiger partial charge on any atom is -0.356 e. The molecule has 1 atom stereocenters. The number of hydrogen-bond donors (Lipinski definition) is 2. The van der Waals surface area contributed by atoms with E-state index in [2.05, 4.69) is 33.1 Å². The topological polar surface area (TPSA) is 54.0 Å². The molecular weight excluding hydrogens is 342 g/mol. The summed E-state index contributed by atoms with van der Waals surface area (Å²) in [6.45, 7) is 2.83. The summed E-state index contributed by atoms with van der Waals surface area (Å²) in [5.74, 6) is 0.836. The smallest absolute Gasteiger partial charge is 0.220 e. The fourth-order valence-electron chi connectivity index (χ4n) is 2.85. The van der Waals surface area contributed by atoms with Crippen molar-refractivity contribution in [2.75, 3.05) is 19.6 Å². The van der Waals surface area contributed by atoms with Crippen LogP contribution in [-0.4, -0.2) is 30.5 Å². The number of nitrogens with zero attached hydrogens (tertiary/aromatic N) is 1. The number of benzene rings is 1. The quantitative estimate of drug-likeness (QED) is 0.791. The molecule has 1 aliphatic rings. The molecule has 1 aromatic heterocycles. The molecule has 2 aromatic rings. The van der Waals surface area contributed by atoms with Gasteiger partial charge < -0.3 is 10.6 Å². The standard InChI is InChI=1S/C18H23N3OS.ClH/c22-17(7-6-14-8-10-19-12-14)20-11-9-16-13-23-18(21-16)15-4-2-1-3-5-15;/h1-5,13-14,19H,6-12H2,(H,20,22);1H. The third kappa shape index (κ3) is 5.58. The van der Waals surface area contributed by atoms with Gasteiger partial charge in [0, 0.05) is 30.3 Å². The van der Waals surface area contributed by atoms with Crippen molar-refractivity contribution >= 4 is 29.7 Å². The molecule has 130 valence electrons. The minimum atomic E-state index is 0. The summed E-state index contributed by atoms with van der Waals surface area (Å²) in [5.41, 5.74) is 2.20. The lowest BCUT2D eigenvalue weighted by molar-refractivity contribution is -0.121. The Morgan fingerprint density at radius 1 is 1.33 bits per heavy atom. The van der Waals surface area contributed by atoms with E-state index in [4.69, 9.17) is 0 Å². The molecule has 3 rings (SSSR count). The number of hydrogen-bond acceptors (Lipinski definition) is 4. The summed E-state index contributed by atoms with van der Waals surface area (Å²) in [4.78, 5) is 16.5. The second kappa shape index (κ2) is 9.77. The highest BCUT2D eigenvalue weighted by Gasteiger charge is 2.15. The van der Waals surface area contributed by atoms with Crippen LogP contribution in [0.3, 0.4) is 0 Å². The second-order valence-electron chi connectivity index (χ2n) is 6.01. The molecule has 1 amide bonds. The molecule has 2 heterocycles. The minimum absolute atomic E-state index is 0. The van der Waals surface area contributed by atoms with Crippen LogP contribution in [0, 0.1) is 5.92 Å². The molecule has 0 saturated carbocycles. The maximum absolute atomic E-state index is 11.9.